The van der Waals surface area contributed by atoms with Crippen LogP contribution in [0.2, 0.25) is 0 Å². The highest BCUT2D eigenvalue weighted by Crippen LogP contribution is 2.42. The number of carbonyl (C=O) groups excluding carboxylic acids is 2. The summed E-state index contributed by atoms with van der Waals surface area (Å²) in [5.41, 5.74) is 3.79. The van der Waals surface area contributed by atoms with Gasteiger partial charge in [-0.1, -0.05) is 31.9 Å². The van der Waals surface area contributed by atoms with Gasteiger partial charge in [0.2, 0.25) is 11.8 Å². The molecular formula is C23H29N3O2S. The number of nitrogens with zero attached hydrogens (tertiary/aromatic N) is 2. The van der Waals surface area contributed by atoms with Crippen molar-refractivity contribution in [2.45, 2.75) is 38.0 Å². The molecule has 1 aliphatic rings. The second-order valence-corrected chi connectivity index (χ2v) is 8.54. The van der Waals surface area contributed by atoms with Gasteiger partial charge in [0.1, 0.15) is 5.37 Å². The van der Waals surface area contributed by atoms with E-state index < -0.39 is 0 Å². The van der Waals surface area contributed by atoms with Crippen molar-refractivity contribution in [3.63, 3.8) is 0 Å². The van der Waals surface area contributed by atoms with E-state index in [1.807, 2.05) is 72.4 Å². The second kappa shape index (κ2) is 9.83. The fourth-order valence-electron chi connectivity index (χ4n) is 3.39. The van der Waals surface area contributed by atoms with Crippen LogP contribution in [0, 0.1) is 0 Å². The van der Waals surface area contributed by atoms with E-state index in [1.165, 1.54) is 0 Å². The molecule has 0 unspecified atom stereocenters. The predicted molar refractivity (Wildman–Crippen MR) is 123 cm³/mol. The predicted octanol–water partition coefficient (Wildman–Crippen LogP) is 5.05. The zero-order valence-corrected chi connectivity index (χ0v) is 18.2. The SMILES string of the molecule is CCCCCC(=O)Nc1cccc([C@@H]2SCC(=O)N2c2ccc(N(C)C)cc2)c1. The highest BCUT2D eigenvalue weighted by Gasteiger charge is 2.34. The van der Waals surface area contributed by atoms with Crippen LogP contribution in [0.15, 0.2) is 48.5 Å². The van der Waals surface area contributed by atoms with E-state index in [0.29, 0.717) is 12.2 Å². The van der Waals surface area contributed by atoms with Crippen molar-refractivity contribution in [1.82, 2.24) is 0 Å². The van der Waals surface area contributed by atoms with Crippen molar-refractivity contribution >= 4 is 40.6 Å². The Kier molecular flexibility index (Phi) is 7.20. The van der Waals surface area contributed by atoms with Crippen molar-refractivity contribution in [1.29, 1.82) is 0 Å². The van der Waals surface area contributed by atoms with E-state index in [1.54, 1.807) is 11.8 Å². The molecule has 2 aromatic rings. The Morgan fingerprint density at radius 1 is 1.17 bits per heavy atom. The zero-order valence-electron chi connectivity index (χ0n) is 17.4. The number of unbranched alkanes of at least 4 members (excludes halogenated alkanes) is 2. The maximum absolute atomic E-state index is 12.6. The topological polar surface area (TPSA) is 52.7 Å². The Bertz CT molecular complexity index is 851. The van der Waals surface area contributed by atoms with Gasteiger partial charge in [-0.2, -0.15) is 0 Å². The van der Waals surface area contributed by atoms with Crippen molar-refractivity contribution in [3.8, 4) is 0 Å². The summed E-state index contributed by atoms with van der Waals surface area (Å²) >= 11 is 1.61. The third-order valence-corrected chi connectivity index (χ3v) is 6.19. The maximum Gasteiger partial charge on any atom is 0.238 e. The number of benzene rings is 2. The Balaban J connectivity index is 1.76. The molecule has 1 aliphatic heterocycles. The molecule has 2 amide bonds. The first-order chi connectivity index (χ1) is 14.0. The number of hydrogen-bond acceptors (Lipinski definition) is 4. The number of nitrogens with one attached hydrogen (secondary N) is 1. The van der Waals surface area contributed by atoms with Gasteiger partial charge in [0, 0.05) is 37.6 Å². The molecule has 3 rings (SSSR count). The molecular weight excluding hydrogens is 382 g/mol. The lowest BCUT2D eigenvalue weighted by Gasteiger charge is -2.25. The summed E-state index contributed by atoms with van der Waals surface area (Å²) in [4.78, 5) is 28.7. The van der Waals surface area contributed by atoms with Crippen LogP contribution < -0.4 is 15.1 Å². The molecule has 0 spiro atoms. The van der Waals surface area contributed by atoms with E-state index in [-0.39, 0.29) is 17.2 Å². The summed E-state index contributed by atoms with van der Waals surface area (Å²) in [6.07, 6.45) is 3.61. The van der Waals surface area contributed by atoms with Crippen LogP contribution in [0.3, 0.4) is 0 Å². The summed E-state index contributed by atoms with van der Waals surface area (Å²) in [5, 5.41) is 2.90. The average molecular weight is 412 g/mol. The lowest BCUT2D eigenvalue weighted by molar-refractivity contribution is -0.117. The van der Waals surface area contributed by atoms with Crippen LogP contribution in [-0.2, 0) is 9.59 Å². The minimum Gasteiger partial charge on any atom is -0.378 e. The van der Waals surface area contributed by atoms with Crippen LogP contribution in [-0.4, -0.2) is 31.7 Å². The molecule has 1 fully saturated rings. The molecule has 29 heavy (non-hydrogen) atoms. The average Bonchev–Trinajstić information content (AvgIpc) is 3.10. The number of rotatable bonds is 8. The summed E-state index contributed by atoms with van der Waals surface area (Å²) in [7, 11) is 3.99. The Hall–Kier alpha value is -2.47. The molecule has 1 heterocycles. The number of amides is 2. The van der Waals surface area contributed by atoms with E-state index in [2.05, 4.69) is 12.2 Å². The molecule has 1 atom stereocenters. The summed E-state index contributed by atoms with van der Waals surface area (Å²) in [6, 6.07) is 15.9. The van der Waals surface area contributed by atoms with Crippen LogP contribution in [0.5, 0.6) is 0 Å². The highest BCUT2D eigenvalue weighted by molar-refractivity contribution is 8.00. The zero-order chi connectivity index (χ0) is 20.8. The van der Waals surface area contributed by atoms with E-state index in [4.69, 9.17) is 0 Å². The molecule has 1 N–H and O–H groups in total. The van der Waals surface area contributed by atoms with Crippen molar-refractivity contribution < 1.29 is 9.59 Å². The van der Waals surface area contributed by atoms with Gasteiger partial charge in [0.25, 0.3) is 0 Å². The minimum absolute atomic E-state index is 0.0434. The molecule has 2 aromatic carbocycles. The molecule has 5 nitrogen and oxygen atoms in total. The van der Waals surface area contributed by atoms with Crippen LogP contribution in [0.4, 0.5) is 17.1 Å². The smallest absolute Gasteiger partial charge is 0.238 e. The lowest BCUT2D eigenvalue weighted by atomic mass is 10.1. The van der Waals surface area contributed by atoms with Crippen molar-refractivity contribution in [2.24, 2.45) is 0 Å². The van der Waals surface area contributed by atoms with Crippen LogP contribution >= 0.6 is 11.8 Å². The highest BCUT2D eigenvalue weighted by atomic mass is 32.2. The minimum atomic E-state index is -0.0929. The van der Waals surface area contributed by atoms with Crippen molar-refractivity contribution in [3.05, 3.63) is 54.1 Å². The Morgan fingerprint density at radius 3 is 2.62 bits per heavy atom. The summed E-state index contributed by atoms with van der Waals surface area (Å²) < 4.78 is 0. The normalized spacial score (nSPS) is 16.2. The maximum atomic E-state index is 12.6. The summed E-state index contributed by atoms with van der Waals surface area (Å²) in [6.45, 7) is 2.13. The molecule has 0 bridgehead atoms. The van der Waals surface area contributed by atoms with E-state index >= 15 is 0 Å². The van der Waals surface area contributed by atoms with E-state index in [9.17, 15) is 9.59 Å². The van der Waals surface area contributed by atoms with Gasteiger partial charge >= 0.3 is 0 Å². The molecule has 0 saturated carbocycles. The third kappa shape index (κ3) is 5.32. The first kappa shape index (κ1) is 21.2. The first-order valence-electron chi connectivity index (χ1n) is 10.1. The fourth-order valence-corrected chi connectivity index (χ4v) is 4.56. The monoisotopic (exact) mass is 411 g/mol. The quantitative estimate of drug-likeness (QED) is 0.618. The van der Waals surface area contributed by atoms with Gasteiger partial charge < -0.3 is 10.2 Å². The summed E-state index contributed by atoms with van der Waals surface area (Å²) in [5.74, 6) is 0.599. The standard InChI is InChI=1S/C23H29N3O2S/c1-4-5-6-10-21(27)24-18-9-7-8-17(15-18)23-26(22(28)16-29-23)20-13-11-19(12-14-20)25(2)3/h7-9,11-15,23H,4-6,10,16H2,1-3H3,(H,24,27)/t23-/m0/s1. The molecule has 6 heteroatoms. The fraction of sp³-hybridized carbons (Fsp3) is 0.391. The molecule has 0 aromatic heterocycles. The number of carbonyl (C=O) groups is 2. The van der Waals surface area contributed by atoms with Crippen LogP contribution in [0.1, 0.15) is 43.5 Å². The van der Waals surface area contributed by atoms with E-state index in [0.717, 1.165) is 41.9 Å². The van der Waals surface area contributed by atoms with Gasteiger partial charge in [-0.15, -0.1) is 11.8 Å². The van der Waals surface area contributed by atoms with Gasteiger partial charge in [0.15, 0.2) is 0 Å². The molecule has 0 radical (unpaired) electrons. The Labute approximate surface area is 177 Å². The third-order valence-electron chi connectivity index (χ3n) is 4.98. The Morgan fingerprint density at radius 2 is 1.93 bits per heavy atom. The van der Waals surface area contributed by atoms with Gasteiger partial charge in [0.05, 0.1) is 5.75 Å². The number of hydrogen-bond donors (Lipinski definition) is 1. The van der Waals surface area contributed by atoms with Crippen molar-refractivity contribution in [2.75, 3.05) is 35.0 Å². The first-order valence-corrected chi connectivity index (χ1v) is 11.2. The van der Waals surface area contributed by atoms with Gasteiger partial charge in [-0.25, -0.2) is 0 Å². The largest absolute Gasteiger partial charge is 0.378 e. The van der Waals surface area contributed by atoms with Crippen LogP contribution in [0.25, 0.3) is 0 Å². The molecule has 154 valence electrons. The number of anilines is 3. The number of thioether (sulfide) groups is 1. The van der Waals surface area contributed by atoms with Gasteiger partial charge in [-0.3, -0.25) is 14.5 Å². The molecule has 1 saturated heterocycles. The molecule has 0 aliphatic carbocycles. The second-order valence-electron chi connectivity index (χ2n) is 7.47. The van der Waals surface area contributed by atoms with Gasteiger partial charge in [-0.05, 0) is 48.4 Å². The lowest BCUT2D eigenvalue weighted by Crippen LogP contribution is -2.27.